The highest BCUT2D eigenvalue weighted by Gasteiger charge is 2.31. The molecule has 5 rings (SSSR count). The topological polar surface area (TPSA) is 170 Å². The van der Waals surface area contributed by atoms with E-state index in [1.54, 1.807) is 41.7 Å². The number of thiophene rings is 1. The van der Waals surface area contributed by atoms with Gasteiger partial charge in [-0.1, -0.05) is 18.2 Å². The molecule has 0 saturated heterocycles. The molecule has 1 aliphatic heterocycles. The van der Waals surface area contributed by atoms with Crippen LogP contribution in [0.4, 0.5) is 11.4 Å². The van der Waals surface area contributed by atoms with Gasteiger partial charge in [-0.05, 0) is 64.9 Å². The van der Waals surface area contributed by atoms with Gasteiger partial charge < -0.3 is 30.0 Å². The minimum Gasteiger partial charge on any atom is -0.497 e. The first-order chi connectivity index (χ1) is 23.2. The fourth-order valence-corrected chi connectivity index (χ4v) is 7.68. The Balaban J connectivity index is 1.25. The van der Waals surface area contributed by atoms with Crippen molar-refractivity contribution in [2.75, 3.05) is 51.8 Å². The van der Waals surface area contributed by atoms with Gasteiger partial charge in [0.2, 0.25) is 16.3 Å². The van der Waals surface area contributed by atoms with Crippen molar-refractivity contribution in [3.63, 3.8) is 0 Å². The number of nitrogens with zero attached hydrogens (tertiary/aromatic N) is 2. The summed E-state index contributed by atoms with van der Waals surface area (Å²) in [6.07, 6.45) is 1.32. The lowest BCUT2D eigenvalue weighted by Crippen LogP contribution is -2.38. The number of sulfonamides is 1. The Bertz CT molecular complexity index is 1840. The number of methoxy groups -OCH3 is 1. The van der Waals surface area contributed by atoms with Crippen LogP contribution in [-0.4, -0.2) is 81.5 Å². The second-order valence-corrected chi connectivity index (χ2v) is 13.6. The third kappa shape index (κ3) is 8.48. The molecule has 254 valence electrons. The van der Waals surface area contributed by atoms with Crippen LogP contribution in [0.3, 0.4) is 0 Å². The highest BCUT2D eigenvalue weighted by atomic mass is 32.2. The van der Waals surface area contributed by atoms with Crippen molar-refractivity contribution >= 4 is 48.7 Å². The van der Waals surface area contributed by atoms with Gasteiger partial charge in [0.15, 0.2) is 5.76 Å². The van der Waals surface area contributed by atoms with E-state index >= 15 is 0 Å². The van der Waals surface area contributed by atoms with Crippen LogP contribution in [0.1, 0.15) is 17.9 Å². The van der Waals surface area contributed by atoms with Crippen LogP contribution < -0.4 is 15.4 Å². The van der Waals surface area contributed by atoms with E-state index in [-0.39, 0.29) is 55.1 Å². The predicted molar refractivity (Wildman–Crippen MR) is 182 cm³/mol. The number of non-ortho nitro benzene ring substituents is 1. The first-order valence-electron chi connectivity index (χ1n) is 15.2. The number of hydrogen-bond acceptors (Lipinski definition) is 11. The first kappa shape index (κ1) is 34.8. The summed E-state index contributed by atoms with van der Waals surface area (Å²) in [4.78, 5) is 23.7. The molecule has 2 heterocycles. The zero-order valence-corrected chi connectivity index (χ0v) is 27.7. The number of hydrogen-bond donors (Lipinski definition) is 3. The molecule has 13 nitrogen and oxygen atoms in total. The lowest BCUT2D eigenvalue weighted by atomic mass is 9.92. The van der Waals surface area contributed by atoms with Crippen LogP contribution >= 0.6 is 11.3 Å². The van der Waals surface area contributed by atoms with E-state index in [0.29, 0.717) is 24.4 Å². The third-order valence-electron chi connectivity index (χ3n) is 7.70. The van der Waals surface area contributed by atoms with Gasteiger partial charge in [0.1, 0.15) is 5.75 Å². The summed E-state index contributed by atoms with van der Waals surface area (Å²) in [5.74, 6) is -0.0558. The van der Waals surface area contributed by atoms with Crippen LogP contribution in [0.25, 0.3) is 10.1 Å². The summed E-state index contributed by atoms with van der Waals surface area (Å²) in [6, 6.07) is 19.9. The van der Waals surface area contributed by atoms with Gasteiger partial charge in [-0.25, -0.2) is 8.42 Å². The van der Waals surface area contributed by atoms with Crippen LogP contribution in [0.15, 0.2) is 94.9 Å². The fraction of sp³-hybridized carbons (Fsp3) is 0.303. The van der Waals surface area contributed by atoms with Crippen LogP contribution in [-0.2, 0) is 24.3 Å². The molecule has 2 atom stereocenters. The largest absolute Gasteiger partial charge is 0.497 e. The predicted octanol–water partition coefficient (Wildman–Crippen LogP) is 4.46. The maximum Gasteiger partial charge on any atom is 0.286 e. The summed E-state index contributed by atoms with van der Waals surface area (Å²) in [5, 5.41) is 29.6. The monoisotopic (exact) mass is 696 g/mol. The zero-order chi connectivity index (χ0) is 34.1. The molecule has 4 aromatic rings. The number of nitro benzene ring substituents is 1. The van der Waals surface area contributed by atoms with E-state index < -0.39 is 27.1 Å². The molecule has 0 unspecified atom stereocenters. The van der Waals surface area contributed by atoms with Crippen molar-refractivity contribution in [3.8, 4) is 5.75 Å². The summed E-state index contributed by atoms with van der Waals surface area (Å²) in [5.41, 5.74) is 1.69. The minimum absolute atomic E-state index is 0.0139. The molecule has 0 radical (unpaired) electrons. The molecular weight excluding hydrogens is 661 g/mol. The first-order valence-corrected chi connectivity index (χ1v) is 17.5. The quantitative estimate of drug-likeness (QED) is 0.0864. The Kier molecular flexibility index (Phi) is 11.6. The number of anilines is 1. The highest BCUT2D eigenvalue weighted by Crippen LogP contribution is 2.38. The summed E-state index contributed by atoms with van der Waals surface area (Å²) >= 11 is 1.60. The SMILES string of the molecule is COc1ccc(S(=O)(=O)N(CCO)CCO[C@@H]2C[C@H](c3csc4ccccc34)C=C(C(=O)NCCNc3ccc([N+](=O)[O-])cc3)O2)cc1. The number of benzene rings is 3. The van der Waals surface area contributed by atoms with E-state index in [0.717, 1.165) is 20.0 Å². The van der Waals surface area contributed by atoms with E-state index in [1.165, 1.54) is 31.4 Å². The Morgan fingerprint density at radius 1 is 1.08 bits per heavy atom. The molecule has 48 heavy (non-hydrogen) atoms. The Hall–Kier alpha value is -4.54. The van der Waals surface area contributed by atoms with Gasteiger partial charge in [-0.2, -0.15) is 4.31 Å². The second-order valence-electron chi connectivity index (χ2n) is 10.8. The van der Waals surface area contributed by atoms with Crippen molar-refractivity contribution in [2.24, 2.45) is 0 Å². The maximum absolute atomic E-state index is 13.3. The third-order valence-corrected chi connectivity index (χ3v) is 10.6. The molecule has 1 amide bonds. The number of fused-ring (bicyclic) bond motifs is 1. The average Bonchev–Trinajstić information content (AvgIpc) is 3.54. The summed E-state index contributed by atoms with van der Waals surface area (Å²) < 4.78 is 46.1. The van der Waals surface area contributed by atoms with Gasteiger partial charge in [0, 0.05) is 61.0 Å². The molecule has 3 aromatic carbocycles. The normalized spacial score (nSPS) is 16.3. The molecule has 0 aliphatic carbocycles. The van der Waals surface area contributed by atoms with E-state index in [9.17, 15) is 28.4 Å². The van der Waals surface area contributed by atoms with Crippen LogP contribution in [0.2, 0.25) is 0 Å². The molecule has 1 aliphatic rings. The van der Waals surface area contributed by atoms with Crippen LogP contribution in [0, 0.1) is 10.1 Å². The number of amides is 1. The summed E-state index contributed by atoms with van der Waals surface area (Å²) in [6.45, 7) is -0.0132. The number of carbonyl (C=O) groups is 1. The number of aliphatic hydroxyl groups is 1. The van der Waals surface area contributed by atoms with E-state index in [4.69, 9.17) is 14.2 Å². The van der Waals surface area contributed by atoms with Crippen molar-refractivity contribution in [1.29, 1.82) is 0 Å². The van der Waals surface area contributed by atoms with Crippen molar-refractivity contribution in [3.05, 3.63) is 106 Å². The number of rotatable bonds is 16. The highest BCUT2D eigenvalue weighted by molar-refractivity contribution is 7.89. The van der Waals surface area contributed by atoms with Crippen molar-refractivity contribution in [2.45, 2.75) is 23.5 Å². The average molecular weight is 697 g/mol. The number of aliphatic hydroxyl groups excluding tert-OH is 1. The lowest BCUT2D eigenvalue weighted by molar-refractivity contribution is -0.384. The molecule has 1 aromatic heterocycles. The van der Waals surface area contributed by atoms with Crippen molar-refractivity contribution < 1.29 is 37.5 Å². The van der Waals surface area contributed by atoms with Crippen molar-refractivity contribution in [1.82, 2.24) is 9.62 Å². The molecule has 0 saturated carbocycles. The Morgan fingerprint density at radius 3 is 2.54 bits per heavy atom. The lowest BCUT2D eigenvalue weighted by Gasteiger charge is -2.30. The van der Waals surface area contributed by atoms with Gasteiger partial charge in [0.25, 0.3) is 11.6 Å². The number of allylic oxidation sites excluding steroid dienone is 1. The Morgan fingerprint density at radius 2 is 1.83 bits per heavy atom. The van der Waals surface area contributed by atoms with Gasteiger partial charge in [-0.15, -0.1) is 11.3 Å². The molecule has 0 spiro atoms. The number of nitrogens with one attached hydrogen (secondary N) is 2. The number of ether oxygens (including phenoxy) is 3. The zero-order valence-electron chi connectivity index (χ0n) is 26.1. The second kappa shape index (κ2) is 16.0. The van der Waals surface area contributed by atoms with E-state index in [1.807, 2.05) is 24.3 Å². The molecule has 3 N–H and O–H groups in total. The molecule has 0 bridgehead atoms. The molecule has 15 heteroatoms. The number of nitro groups is 1. The summed E-state index contributed by atoms with van der Waals surface area (Å²) in [7, 11) is -2.45. The fourth-order valence-electron chi connectivity index (χ4n) is 5.24. The molecular formula is C33H36N4O9S2. The maximum atomic E-state index is 13.3. The number of carbonyl (C=O) groups excluding carboxylic acids is 1. The smallest absolute Gasteiger partial charge is 0.286 e. The standard InChI is InChI=1S/C33H36N4O9S2/c1-44-26-10-12-27(13-11-26)48(42,43)36(16-18-38)17-19-45-32-21-23(29-22-47-31-5-3-2-4-28(29)31)20-30(46-32)33(39)35-15-14-34-24-6-8-25(9-7-24)37(40)41/h2-13,20,22-23,32,34,38H,14-19,21H2,1H3,(H,35,39)/t23-,32+/m1/s1. The van der Waals surface area contributed by atoms with E-state index in [2.05, 4.69) is 16.0 Å². The van der Waals surface area contributed by atoms with Gasteiger partial charge in [0.05, 0.1) is 30.1 Å². The molecule has 0 fully saturated rings. The Labute approximate surface area is 281 Å². The van der Waals surface area contributed by atoms with Gasteiger partial charge >= 0.3 is 0 Å². The van der Waals surface area contributed by atoms with Crippen LogP contribution in [0.5, 0.6) is 5.75 Å². The minimum atomic E-state index is -3.94. The van der Waals surface area contributed by atoms with Gasteiger partial charge in [-0.3, -0.25) is 14.9 Å².